The molecule has 0 atom stereocenters. The van der Waals surface area contributed by atoms with Crippen LogP contribution < -0.4 is 5.43 Å². The summed E-state index contributed by atoms with van der Waals surface area (Å²) in [7, 11) is 15.9. The van der Waals surface area contributed by atoms with Gasteiger partial charge in [-0.2, -0.15) is 0 Å². The third-order valence-corrected chi connectivity index (χ3v) is 4.31. The van der Waals surface area contributed by atoms with Crippen molar-refractivity contribution in [2.75, 3.05) is 56.4 Å². The molecular weight excluding hydrogens is 316 g/mol. The topological polar surface area (TPSA) is 43.2 Å². The Kier molecular flexibility index (Phi) is 6.00. The summed E-state index contributed by atoms with van der Waals surface area (Å²) in [6, 6.07) is 7.45. The van der Waals surface area contributed by atoms with Gasteiger partial charge in [-0.25, -0.2) is 0 Å². The molecule has 1 aromatic carbocycles. The van der Waals surface area contributed by atoms with Gasteiger partial charge in [-0.1, -0.05) is 12.1 Å². The first kappa shape index (κ1) is 19.6. The fraction of sp³-hybridized carbons (Fsp3) is 0.526. The van der Waals surface area contributed by atoms with E-state index in [1.807, 2.05) is 90.4 Å². The van der Waals surface area contributed by atoms with Crippen LogP contribution in [0.3, 0.4) is 0 Å². The lowest BCUT2D eigenvalue weighted by atomic mass is 10.0. The van der Waals surface area contributed by atoms with Gasteiger partial charge in [-0.15, -0.1) is 0 Å². The summed E-state index contributed by atoms with van der Waals surface area (Å²) in [6.45, 7) is 0. The van der Waals surface area contributed by atoms with Gasteiger partial charge in [0.2, 0.25) is 0 Å². The van der Waals surface area contributed by atoms with Crippen LogP contribution in [-0.4, -0.2) is 76.0 Å². The van der Waals surface area contributed by atoms with Crippen molar-refractivity contribution in [1.29, 1.82) is 0 Å². The molecule has 0 radical (unpaired) electrons. The van der Waals surface area contributed by atoms with E-state index in [4.69, 9.17) is 4.42 Å². The summed E-state index contributed by atoms with van der Waals surface area (Å²) in [5, 5.41) is 0.617. The molecule has 0 saturated carbocycles. The van der Waals surface area contributed by atoms with E-state index in [1.165, 1.54) is 0 Å². The lowest BCUT2D eigenvalue weighted by molar-refractivity contribution is 0.0890. The Labute approximate surface area is 150 Å². The second-order valence-corrected chi connectivity index (χ2v) is 7.31. The summed E-state index contributed by atoms with van der Waals surface area (Å²) in [4.78, 5) is 21.6. The highest BCUT2D eigenvalue weighted by molar-refractivity contribution is 5.77. The smallest absolute Gasteiger partial charge is 0.199 e. The van der Waals surface area contributed by atoms with Crippen LogP contribution in [0.2, 0.25) is 0 Å². The van der Waals surface area contributed by atoms with Crippen LogP contribution in [0.4, 0.5) is 0 Å². The molecule has 6 nitrogen and oxygen atoms in total. The molecule has 0 fully saturated rings. The van der Waals surface area contributed by atoms with Crippen LogP contribution in [0.15, 0.2) is 33.5 Å². The standard InChI is InChI=1S/C19H30N4O2/c1-20(2)18(21(3)4)15-16(24)13-11-9-10-12-14(13)25-17(15)19(22(5)6)23(7)8/h9-12,18-19H,1-8H3. The van der Waals surface area contributed by atoms with Crippen molar-refractivity contribution in [1.82, 2.24) is 19.6 Å². The average Bonchev–Trinajstić information content (AvgIpc) is 2.49. The average molecular weight is 346 g/mol. The van der Waals surface area contributed by atoms with E-state index in [0.717, 1.165) is 0 Å². The Balaban J connectivity index is 2.91. The van der Waals surface area contributed by atoms with Gasteiger partial charge in [0.1, 0.15) is 17.5 Å². The number of para-hydroxylation sites is 1. The fourth-order valence-electron chi connectivity index (χ4n) is 3.52. The number of hydrogen-bond acceptors (Lipinski definition) is 6. The first-order valence-electron chi connectivity index (χ1n) is 8.38. The number of fused-ring (bicyclic) bond motifs is 1. The molecule has 0 saturated heterocycles. The van der Waals surface area contributed by atoms with Crippen LogP contribution >= 0.6 is 0 Å². The Morgan fingerprint density at radius 3 is 1.72 bits per heavy atom. The number of rotatable bonds is 6. The molecule has 25 heavy (non-hydrogen) atoms. The van der Waals surface area contributed by atoms with Crippen molar-refractivity contribution >= 4 is 11.0 Å². The largest absolute Gasteiger partial charge is 0.457 e. The van der Waals surface area contributed by atoms with E-state index in [-0.39, 0.29) is 17.8 Å². The van der Waals surface area contributed by atoms with E-state index in [1.54, 1.807) is 0 Å². The zero-order valence-corrected chi connectivity index (χ0v) is 16.6. The lowest BCUT2D eigenvalue weighted by Gasteiger charge is -2.35. The highest BCUT2D eigenvalue weighted by atomic mass is 16.3. The monoisotopic (exact) mass is 346 g/mol. The second kappa shape index (κ2) is 7.66. The van der Waals surface area contributed by atoms with Gasteiger partial charge in [0.15, 0.2) is 5.43 Å². The fourth-order valence-corrected chi connectivity index (χ4v) is 3.52. The number of benzene rings is 1. The van der Waals surface area contributed by atoms with Crippen LogP contribution in [0, 0.1) is 0 Å². The summed E-state index contributed by atoms with van der Waals surface area (Å²) < 4.78 is 6.30. The molecule has 1 heterocycles. The molecule has 1 aromatic heterocycles. The summed E-state index contributed by atoms with van der Waals surface area (Å²) in [5.41, 5.74) is 1.33. The maximum atomic E-state index is 13.4. The molecule has 0 spiro atoms. The molecule has 2 aromatic rings. The summed E-state index contributed by atoms with van der Waals surface area (Å²) in [5.74, 6) is 0.686. The molecule has 0 aliphatic heterocycles. The van der Waals surface area contributed by atoms with Crippen LogP contribution in [0.25, 0.3) is 11.0 Å². The molecule has 0 N–H and O–H groups in total. The SMILES string of the molecule is CN(C)C(c1oc2ccccc2c(=O)c1C(N(C)C)N(C)C)N(C)C. The van der Waals surface area contributed by atoms with Crippen molar-refractivity contribution in [3.8, 4) is 0 Å². The molecule has 2 rings (SSSR count). The minimum absolute atomic E-state index is 0.0259. The van der Waals surface area contributed by atoms with Crippen LogP contribution in [0.1, 0.15) is 23.7 Å². The highest BCUT2D eigenvalue weighted by Gasteiger charge is 2.32. The molecule has 0 aliphatic carbocycles. The summed E-state index contributed by atoms with van der Waals surface area (Å²) in [6.07, 6.45) is -0.326. The third kappa shape index (κ3) is 3.77. The second-order valence-electron chi connectivity index (χ2n) is 7.31. The molecule has 0 aliphatic rings. The molecule has 0 amide bonds. The maximum Gasteiger partial charge on any atom is 0.199 e. The van der Waals surface area contributed by atoms with Gasteiger partial charge >= 0.3 is 0 Å². The van der Waals surface area contributed by atoms with E-state index >= 15 is 0 Å². The van der Waals surface area contributed by atoms with Gasteiger partial charge in [0.25, 0.3) is 0 Å². The van der Waals surface area contributed by atoms with Crippen molar-refractivity contribution in [3.63, 3.8) is 0 Å². The molecule has 6 heteroatoms. The molecule has 138 valence electrons. The molecule has 0 unspecified atom stereocenters. The van der Waals surface area contributed by atoms with E-state index in [0.29, 0.717) is 22.3 Å². The predicted molar refractivity (Wildman–Crippen MR) is 103 cm³/mol. The Bertz CT molecular complexity index is 765. The first-order valence-corrected chi connectivity index (χ1v) is 8.38. The summed E-state index contributed by atoms with van der Waals surface area (Å²) >= 11 is 0. The Morgan fingerprint density at radius 2 is 1.24 bits per heavy atom. The Hall–Kier alpha value is -1.73. The molecule has 0 bridgehead atoms. The van der Waals surface area contributed by atoms with Gasteiger partial charge in [-0.3, -0.25) is 24.4 Å². The van der Waals surface area contributed by atoms with Crippen molar-refractivity contribution in [2.24, 2.45) is 0 Å². The van der Waals surface area contributed by atoms with Crippen molar-refractivity contribution in [2.45, 2.75) is 12.3 Å². The minimum Gasteiger partial charge on any atom is -0.457 e. The number of nitrogens with zero attached hydrogens (tertiary/aromatic N) is 4. The molecular formula is C19H30N4O2. The highest BCUT2D eigenvalue weighted by Crippen LogP contribution is 2.31. The van der Waals surface area contributed by atoms with E-state index in [2.05, 4.69) is 9.80 Å². The normalized spacial score (nSPS) is 12.7. The lowest BCUT2D eigenvalue weighted by Crippen LogP contribution is -2.40. The number of hydrogen-bond donors (Lipinski definition) is 0. The van der Waals surface area contributed by atoms with Crippen molar-refractivity contribution < 1.29 is 4.42 Å². The Morgan fingerprint density at radius 1 is 0.760 bits per heavy atom. The van der Waals surface area contributed by atoms with Crippen LogP contribution in [0.5, 0.6) is 0 Å². The van der Waals surface area contributed by atoms with E-state index < -0.39 is 0 Å². The zero-order valence-electron chi connectivity index (χ0n) is 16.6. The van der Waals surface area contributed by atoms with Gasteiger partial charge in [-0.05, 0) is 68.5 Å². The van der Waals surface area contributed by atoms with Crippen LogP contribution in [-0.2, 0) is 0 Å². The van der Waals surface area contributed by atoms with Gasteiger partial charge in [0.05, 0.1) is 17.1 Å². The maximum absolute atomic E-state index is 13.4. The quantitative estimate of drug-likeness (QED) is 0.746. The van der Waals surface area contributed by atoms with Crippen molar-refractivity contribution in [3.05, 3.63) is 45.8 Å². The minimum atomic E-state index is -0.182. The van der Waals surface area contributed by atoms with E-state index in [9.17, 15) is 4.79 Å². The third-order valence-electron chi connectivity index (χ3n) is 4.31. The predicted octanol–water partition coefficient (Wildman–Crippen LogP) is 2.04. The first-order chi connectivity index (χ1) is 11.7. The zero-order chi connectivity index (χ0) is 18.9. The van der Waals surface area contributed by atoms with Gasteiger partial charge in [0, 0.05) is 0 Å². The van der Waals surface area contributed by atoms with Gasteiger partial charge < -0.3 is 4.42 Å².